The molecule has 0 spiro atoms. The molecule has 0 aromatic heterocycles. The maximum atomic E-state index is 10.6. The van der Waals surface area contributed by atoms with Crippen LogP contribution >= 0.6 is 0 Å². The van der Waals surface area contributed by atoms with Crippen molar-refractivity contribution in [1.82, 2.24) is 5.32 Å². The van der Waals surface area contributed by atoms with Gasteiger partial charge in [0.25, 0.3) is 0 Å². The number of likely N-dealkylation sites (N-methyl/N-ethyl adjacent to an activating group) is 1. The minimum absolute atomic E-state index is 0.197. The fourth-order valence-corrected chi connectivity index (χ4v) is 1.17. The van der Waals surface area contributed by atoms with Crippen LogP contribution in [-0.2, 0) is 9.53 Å². The van der Waals surface area contributed by atoms with Crippen molar-refractivity contribution in [3.63, 3.8) is 0 Å². The Morgan fingerprint density at radius 2 is 2.25 bits per heavy atom. The first kappa shape index (κ1) is 11.4. The van der Waals surface area contributed by atoms with Gasteiger partial charge in [-0.05, 0) is 13.0 Å². The number of hydrogen-bond donors (Lipinski definition) is 2. The van der Waals surface area contributed by atoms with E-state index in [-0.39, 0.29) is 17.9 Å². The third-order valence-corrected chi connectivity index (χ3v) is 1.93. The molecule has 0 aliphatic rings. The molecule has 0 radical (unpaired) electrons. The number of methoxy groups -OCH3 is 1. The van der Waals surface area contributed by atoms with Gasteiger partial charge in [-0.2, -0.15) is 0 Å². The minimum Gasteiger partial charge on any atom is -0.383 e. The fourth-order valence-electron chi connectivity index (χ4n) is 1.17. The Hall–Kier alpha value is -0.610. The molecule has 0 aromatic rings. The first-order valence-electron chi connectivity index (χ1n) is 4.06. The van der Waals surface area contributed by atoms with Crippen LogP contribution in [0.5, 0.6) is 0 Å². The van der Waals surface area contributed by atoms with Crippen molar-refractivity contribution >= 4 is 5.91 Å². The zero-order chi connectivity index (χ0) is 9.56. The van der Waals surface area contributed by atoms with Crippen LogP contribution in [0.25, 0.3) is 0 Å². The number of carbonyl (C=O) groups is 1. The largest absolute Gasteiger partial charge is 0.383 e. The molecule has 0 saturated carbocycles. The van der Waals surface area contributed by atoms with Gasteiger partial charge in [-0.1, -0.05) is 6.92 Å². The Kier molecular flexibility index (Phi) is 5.66. The Labute approximate surface area is 73.5 Å². The zero-order valence-corrected chi connectivity index (χ0v) is 7.96. The smallest absolute Gasteiger partial charge is 0.217 e. The predicted octanol–water partition coefficient (Wildman–Crippen LogP) is -0.268. The van der Waals surface area contributed by atoms with Crippen LogP contribution in [0.2, 0.25) is 0 Å². The molecule has 0 aliphatic heterocycles. The topological polar surface area (TPSA) is 64.3 Å². The van der Waals surface area contributed by atoms with Gasteiger partial charge in [-0.15, -0.1) is 0 Å². The second-order valence-corrected chi connectivity index (χ2v) is 3.00. The molecule has 1 amide bonds. The van der Waals surface area contributed by atoms with Gasteiger partial charge < -0.3 is 15.8 Å². The zero-order valence-electron chi connectivity index (χ0n) is 7.96. The number of amides is 1. The molecule has 2 atom stereocenters. The van der Waals surface area contributed by atoms with Crippen molar-refractivity contribution in [2.75, 3.05) is 20.8 Å². The van der Waals surface area contributed by atoms with Gasteiger partial charge in [0.2, 0.25) is 5.91 Å². The summed E-state index contributed by atoms with van der Waals surface area (Å²) in [5.41, 5.74) is 5.07. The van der Waals surface area contributed by atoms with Crippen molar-refractivity contribution in [3.8, 4) is 0 Å². The van der Waals surface area contributed by atoms with Gasteiger partial charge in [0.15, 0.2) is 0 Å². The number of hydrogen-bond acceptors (Lipinski definition) is 3. The van der Waals surface area contributed by atoms with E-state index in [0.29, 0.717) is 13.0 Å². The van der Waals surface area contributed by atoms with Crippen LogP contribution in [0.3, 0.4) is 0 Å². The summed E-state index contributed by atoms with van der Waals surface area (Å²) in [5, 5.41) is 3.08. The Morgan fingerprint density at radius 1 is 1.67 bits per heavy atom. The summed E-state index contributed by atoms with van der Waals surface area (Å²) in [5.74, 6) is -0.0497. The number of rotatable bonds is 6. The molecular weight excluding hydrogens is 156 g/mol. The average Bonchev–Trinajstić information content (AvgIpc) is 1.98. The molecule has 4 nitrogen and oxygen atoms in total. The highest BCUT2D eigenvalue weighted by Gasteiger charge is 2.16. The van der Waals surface area contributed by atoms with E-state index < -0.39 is 0 Å². The molecule has 3 N–H and O–H groups in total. The van der Waals surface area contributed by atoms with Crippen LogP contribution in [0.15, 0.2) is 0 Å². The molecule has 0 aromatic carbocycles. The highest BCUT2D eigenvalue weighted by molar-refractivity contribution is 5.74. The van der Waals surface area contributed by atoms with E-state index in [1.165, 1.54) is 0 Å². The molecule has 0 bridgehead atoms. The molecule has 0 unspecified atom stereocenters. The van der Waals surface area contributed by atoms with Crippen molar-refractivity contribution in [2.24, 2.45) is 11.7 Å². The Balaban J connectivity index is 3.84. The summed E-state index contributed by atoms with van der Waals surface area (Å²) < 4.78 is 4.98. The van der Waals surface area contributed by atoms with E-state index in [2.05, 4.69) is 5.32 Å². The maximum absolute atomic E-state index is 10.6. The molecule has 4 heteroatoms. The van der Waals surface area contributed by atoms with Crippen molar-refractivity contribution in [3.05, 3.63) is 0 Å². The molecule has 0 saturated heterocycles. The number of primary amides is 1. The van der Waals surface area contributed by atoms with Crippen molar-refractivity contribution in [1.29, 1.82) is 0 Å². The normalized spacial score (nSPS) is 15.6. The van der Waals surface area contributed by atoms with Crippen LogP contribution in [-0.4, -0.2) is 32.7 Å². The van der Waals surface area contributed by atoms with Crippen LogP contribution in [0.1, 0.15) is 13.3 Å². The van der Waals surface area contributed by atoms with Gasteiger partial charge in [0.1, 0.15) is 0 Å². The van der Waals surface area contributed by atoms with E-state index >= 15 is 0 Å². The maximum Gasteiger partial charge on any atom is 0.217 e. The lowest BCUT2D eigenvalue weighted by Crippen LogP contribution is -2.38. The molecular formula is C8H18N2O2. The number of ether oxygens (including phenoxy) is 1. The van der Waals surface area contributed by atoms with Gasteiger partial charge in [-0.3, -0.25) is 4.79 Å². The quantitative estimate of drug-likeness (QED) is 0.582. The average molecular weight is 174 g/mol. The first-order valence-corrected chi connectivity index (χ1v) is 4.06. The summed E-state index contributed by atoms with van der Waals surface area (Å²) >= 11 is 0. The van der Waals surface area contributed by atoms with Crippen molar-refractivity contribution < 1.29 is 9.53 Å². The van der Waals surface area contributed by atoms with E-state index in [1.54, 1.807) is 7.11 Å². The summed E-state index contributed by atoms with van der Waals surface area (Å²) in [6, 6.07) is 0.197. The van der Waals surface area contributed by atoms with Gasteiger partial charge in [0.05, 0.1) is 6.61 Å². The van der Waals surface area contributed by atoms with Crippen LogP contribution < -0.4 is 11.1 Å². The van der Waals surface area contributed by atoms with E-state index in [9.17, 15) is 4.79 Å². The molecule has 0 fully saturated rings. The van der Waals surface area contributed by atoms with E-state index in [0.717, 1.165) is 0 Å². The van der Waals surface area contributed by atoms with Crippen LogP contribution in [0.4, 0.5) is 0 Å². The standard InChI is InChI=1S/C8H18N2O2/c1-6(4-8(9)11)7(10-2)5-12-3/h6-7,10H,4-5H2,1-3H3,(H2,9,11)/t6-,7+/m1/s1. The second-order valence-electron chi connectivity index (χ2n) is 3.00. The molecule has 0 aliphatic carbocycles. The third kappa shape index (κ3) is 4.31. The SMILES string of the molecule is CN[C@@H](COC)[C@H](C)CC(N)=O. The highest BCUT2D eigenvalue weighted by atomic mass is 16.5. The Bertz CT molecular complexity index is 139. The summed E-state index contributed by atoms with van der Waals surface area (Å²) in [4.78, 5) is 10.6. The van der Waals surface area contributed by atoms with E-state index in [1.807, 2.05) is 14.0 Å². The lowest BCUT2D eigenvalue weighted by Gasteiger charge is -2.21. The number of carbonyl (C=O) groups excluding carboxylic acids is 1. The second kappa shape index (κ2) is 5.97. The lowest BCUT2D eigenvalue weighted by molar-refractivity contribution is -0.119. The monoisotopic (exact) mass is 174 g/mol. The van der Waals surface area contributed by atoms with E-state index in [4.69, 9.17) is 10.5 Å². The summed E-state index contributed by atoms with van der Waals surface area (Å²) in [6.07, 6.45) is 0.398. The summed E-state index contributed by atoms with van der Waals surface area (Å²) in [7, 11) is 3.49. The van der Waals surface area contributed by atoms with Gasteiger partial charge >= 0.3 is 0 Å². The predicted molar refractivity (Wildman–Crippen MR) is 47.7 cm³/mol. The van der Waals surface area contributed by atoms with Gasteiger partial charge in [0, 0.05) is 19.6 Å². The molecule has 0 rings (SSSR count). The Morgan fingerprint density at radius 3 is 2.58 bits per heavy atom. The summed E-state index contributed by atoms with van der Waals surface area (Å²) in [6.45, 7) is 2.58. The van der Waals surface area contributed by atoms with Crippen LogP contribution in [0, 0.1) is 5.92 Å². The first-order chi connectivity index (χ1) is 5.61. The molecule has 12 heavy (non-hydrogen) atoms. The van der Waals surface area contributed by atoms with Crippen molar-refractivity contribution in [2.45, 2.75) is 19.4 Å². The molecule has 0 heterocycles. The fraction of sp³-hybridized carbons (Fsp3) is 0.875. The lowest BCUT2D eigenvalue weighted by atomic mass is 9.99. The number of nitrogens with two attached hydrogens (primary N) is 1. The molecule has 72 valence electrons. The third-order valence-electron chi connectivity index (χ3n) is 1.93. The highest BCUT2D eigenvalue weighted by Crippen LogP contribution is 2.07. The minimum atomic E-state index is -0.265. The van der Waals surface area contributed by atoms with Gasteiger partial charge in [-0.25, -0.2) is 0 Å². The number of nitrogens with one attached hydrogen (secondary N) is 1.